The van der Waals surface area contributed by atoms with Crippen molar-refractivity contribution in [1.29, 1.82) is 0 Å². The van der Waals surface area contributed by atoms with E-state index in [0.29, 0.717) is 11.8 Å². The second-order valence-corrected chi connectivity index (χ2v) is 5.06. The number of hydrogen-bond donors (Lipinski definition) is 1. The maximum atomic E-state index is 10.6. The summed E-state index contributed by atoms with van der Waals surface area (Å²) in [6.07, 6.45) is 5.06. The summed E-state index contributed by atoms with van der Waals surface area (Å²) in [4.78, 5) is 10.6. The Morgan fingerprint density at radius 3 is 2.11 bits per heavy atom. The van der Waals surface area contributed by atoms with E-state index >= 15 is 0 Å². The monoisotopic (exact) mass is 243 g/mol. The van der Waals surface area contributed by atoms with Gasteiger partial charge in [-0.3, -0.25) is 5.43 Å². The van der Waals surface area contributed by atoms with Crippen molar-refractivity contribution in [2.75, 3.05) is 5.43 Å². The van der Waals surface area contributed by atoms with Crippen molar-refractivity contribution in [2.24, 2.45) is 16.9 Å². The van der Waals surface area contributed by atoms with Crippen molar-refractivity contribution in [2.45, 2.75) is 25.7 Å². The standard InChI is InChI=1S/C14H16N2O2/c17-14(18)11-5-7-12(8-6-11)15-16-13(9-1-2-9)10-3-4-10/h5-10,15H,1-4H2,(H,17,18)/p-1. The Balaban J connectivity index is 1.68. The van der Waals surface area contributed by atoms with Crippen LogP contribution in [0.25, 0.3) is 0 Å². The zero-order valence-electron chi connectivity index (χ0n) is 10.1. The minimum Gasteiger partial charge on any atom is -0.545 e. The minimum absolute atomic E-state index is 0.189. The van der Waals surface area contributed by atoms with E-state index in [1.54, 1.807) is 12.1 Å². The van der Waals surface area contributed by atoms with Gasteiger partial charge >= 0.3 is 0 Å². The van der Waals surface area contributed by atoms with Gasteiger partial charge in [-0.1, -0.05) is 12.1 Å². The molecule has 0 heterocycles. The lowest BCUT2D eigenvalue weighted by Gasteiger charge is -2.06. The molecule has 2 saturated carbocycles. The third kappa shape index (κ3) is 2.53. The lowest BCUT2D eigenvalue weighted by molar-refractivity contribution is -0.255. The number of anilines is 1. The molecule has 1 aromatic rings. The summed E-state index contributed by atoms with van der Waals surface area (Å²) < 4.78 is 0. The molecule has 2 aliphatic rings. The summed E-state index contributed by atoms with van der Waals surface area (Å²) in [5, 5.41) is 15.1. The molecule has 94 valence electrons. The van der Waals surface area contributed by atoms with Crippen LogP contribution < -0.4 is 10.5 Å². The molecule has 2 aliphatic carbocycles. The molecule has 4 heteroatoms. The van der Waals surface area contributed by atoms with E-state index < -0.39 is 5.97 Å². The van der Waals surface area contributed by atoms with Crippen molar-refractivity contribution < 1.29 is 9.90 Å². The molecule has 0 amide bonds. The molecule has 0 unspecified atom stereocenters. The number of hydrazone groups is 1. The van der Waals surface area contributed by atoms with Crippen molar-refractivity contribution in [3.63, 3.8) is 0 Å². The summed E-state index contributed by atoms with van der Waals surface area (Å²) >= 11 is 0. The van der Waals surface area contributed by atoms with Gasteiger partial charge in [0.15, 0.2) is 0 Å². The molecule has 3 rings (SSSR count). The minimum atomic E-state index is -1.15. The average Bonchev–Trinajstić information content (AvgIpc) is 3.24. The second kappa shape index (κ2) is 4.44. The van der Waals surface area contributed by atoms with Gasteiger partial charge in [0.1, 0.15) is 0 Å². The van der Waals surface area contributed by atoms with Crippen molar-refractivity contribution in [3.8, 4) is 0 Å². The Bertz CT molecular complexity index is 471. The van der Waals surface area contributed by atoms with E-state index in [1.807, 2.05) is 0 Å². The molecule has 0 bridgehead atoms. The molecule has 2 fully saturated rings. The van der Waals surface area contributed by atoms with Gasteiger partial charge in [0.05, 0.1) is 11.7 Å². The van der Waals surface area contributed by atoms with E-state index in [2.05, 4.69) is 10.5 Å². The molecular weight excluding hydrogens is 228 g/mol. The Labute approximate surface area is 106 Å². The lowest BCUT2D eigenvalue weighted by atomic mass is 10.1. The first kappa shape index (κ1) is 11.3. The van der Waals surface area contributed by atoms with Crippen LogP contribution in [0.3, 0.4) is 0 Å². The van der Waals surface area contributed by atoms with Gasteiger partial charge in [0.25, 0.3) is 0 Å². The number of rotatable bonds is 5. The van der Waals surface area contributed by atoms with Crippen LogP contribution in [0.2, 0.25) is 0 Å². The van der Waals surface area contributed by atoms with E-state index in [9.17, 15) is 9.90 Å². The quantitative estimate of drug-likeness (QED) is 0.631. The number of benzene rings is 1. The molecule has 1 aromatic carbocycles. The Morgan fingerprint density at radius 1 is 1.11 bits per heavy atom. The molecule has 0 radical (unpaired) electrons. The van der Waals surface area contributed by atoms with Crippen LogP contribution in [0.5, 0.6) is 0 Å². The fourth-order valence-corrected chi connectivity index (χ4v) is 2.08. The van der Waals surface area contributed by atoms with Gasteiger partial charge in [-0.2, -0.15) is 5.10 Å². The number of nitrogens with zero attached hydrogens (tertiary/aromatic N) is 1. The van der Waals surface area contributed by atoms with E-state index in [4.69, 9.17) is 0 Å². The van der Waals surface area contributed by atoms with Crippen LogP contribution in [0.1, 0.15) is 36.0 Å². The smallest absolute Gasteiger partial charge is 0.0715 e. The molecule has 0 spiro atoms. The second-order valence-electron chi connectivity index (χ2n) is 5.06. The zero-order valence-corrected chi connectivity index (χ0v) is 10.1. The largest absolute Gasteiger partial charge is 0.545 e. The molecule has 0 aliphatic heterocycles. The predicted octanol–water partition coefficient (Wildman–Crippen LogP) is 1.64. The summed E-state index contributed by atoms with van der Waals surface area (Å²) in [6.45, 7) is 0. The molecule has 1 N–H and O–H groups in total. The fraction of sp³-hybridized carbons (Fsp3) is 0.429. The van der Waals surface area contributed by atoms with Crippen LogP contribution >= 0.6 is 0 Å². The third-order valence-electron chi connectivity index (χ3n) is 3.43. The SMILES string of the molecule is O=C([O-])c1ccc(NN=C(C2CC2)C2CC2)cc1. The lowest BCUT2D eigenvalue weighted by Crippen LogP contribution is -2.21. The maximum Gasteiger partial charge on any atom is 0.0715 e. The van der Waals surface area contributed by atoms with E-state index in [-0.39, 0.29) is 5.56 Å². The molecular formula is C14H15N2O2-. The van der Waals surface area contributed by atoms with Crippen molar-refractivity contribution in [3.05, 3.63) is 29.8 Å². The topological polar surface area (TPSA) is 64.5 Å². The van der Waals surface area contributed by atoms with Crippen LogP contribution in [-0.4, -0.2) is 11.7 Å². The summed E-state index contributed by atoms with van der Waals surface area (Å²) in [5.74, 6) is 0.224. The number of carbonyl (C=O) groups is 1. The molecule has 0 aromatic heterocycles. The van der Waals surface area contributed by atoms with Crippen LogP contribution in [0, 0.1) is 11.8 Å². The summed E-state index contributed by atoms with van der Waals surface area (Å²) in [5.41, 5.74) is 5.34. The summed E-state index contributed by atoms with van der Waals surface area (Å²) in [7, 11) is 0. The average molecular weight is 243 g/mol. The van der Waals surface area contributed by atoms with Crippen molar-refractivity contribution >= 4 is 17.4 Å². The highest BCUT2D eigenvalue weighted by Gasteiger charge is 2.38. The van der Waals surface area contributed by atoms with Crippen LogP contribution in [0.15, 0.2) is 29.4 Å². The van der Waals surface area contributed by atoms with E-state index in [0.717, 1.165) is 5.69 Å². The maximum absolute atomic E-state index is 10.6. The number of carbonyl (C=O) groups excluding carboxylic acids is 1. The van der Waals surface area contributed by atoms with Gasteiger partial charge in [-0.15, -0.1) is 0 Å². The first-order valence-corrected chi connectivity index (χ1v) is 6.39. The fourth-order valence-electron chi connectivity index (χ4n) is 2.08. The Kier molecular flexibility index (Phi) is 2.78. The van der Waals surface area contributed by atoms with Gasteiger partial charge in [0, 0.05) is 5.71 Å². The number of aromatic carboxylic acids is 1. The van der Waals surface area contributed by atoms with Gasteiger partial charge in [0.2, 0.25) is 0 Å². The highest BCUT2D eigenvalue weighted by molar-refractivity contribution is 5.93. The first-order chi connectivity index (χ1) is 8.74. The number of hydrogen-bond acceptors (Lipinski definition) is 4. The molecule has 0 saturated heterocycles. The van der Waals surface area contributed by atoms with Gasteiger partial charge < -0.3 is 9.90 Å². The van der Waals surface area contributed by atoms with Gasteiger partial charge in [-0.05, 0) is 55.2 Å². The number of nitrogens with one attached hydrogen (secondary N) is 1. The van der Waals surface area contributed by atoms with E-state index in [1.165, 1.54) is 43.5 Å². The Hall–Kier alpha value is -1.84. The number of carboxylic acids is 1. The van der Waals surface area contributed by atoms with Crippen LogP contribution in [0.4, 0.5) is 5.69 Å². The molecule has 18 heavy (non-hydrogen) atoms. The van der Waals surface area contributed by atoms with Crippen LogP contribution in [-0.2, 0) is 0 Å². The molecule has 4 nitrogen and oxygen atoms in total. The highest BCUT2D eigenvalue weighted by Crippen LogP contribution is 2.42. The zero-order chi connectivity index (χ0) is 12.5. The normalized spacial score (nSPS) is 18.2. The Morgan fingerprint density at radius 2 is 1.67 bits per heavy atom. The summed E-state index contributed by atoms with van der Waals surface area (Å²) in [6, 6.07) is 6.49. The van der Waals surface area contributed by atoms with Gasteiger partial charge in [-0.25, -0.2) is 0 Å². The highest BCUT2D eigenvalue weighted by atomic mass is 16.4. The molecule has 0 atom stereocenters. The predicted molar refractivity (Wildman–Crippen MR) is 67.3 cm³/mol. The first-order valence-electron chi connectivity index (χ1n) is 6.39. The third-order valence-corrected chi connectivity index (χ3v) is 3.43. The number of carboxylic acid groups (broad SMARTS) is 1. The van der Waals surface area contributed by atoms with Crippen molar-refractivity contribution in [1.82, 2.24) is 0 Å².